The van der Waals surface area contributed by atoms with Gasteiger partial charge in [-0.2, -0.15) is 0 Å². The average Bonchev–Trinajstić information content (AvgIpc) is 2.89. The van der Waals surface area contributed by atoms with E-state index >= 15 is 0 Å². The Morgan fingerprint density at radius 2 is 1.93 bits per heavy atom. The summed E-state index contributed by atoms with van der Waals surface area (Å²) in [6, 6.07) is 0. The minimum Gasteiger partial charge on any atom is -0.504 e. The van der Waals surface area contributed by atoms with Crippen LogP contribution in [0, 0.1) is 16.7 Å². The molecule has 4 aliphatic rings. The van der Waals surface area contributed by atoms with Crippen molar-refractivity contribution in [1.82, 2.24) is 0 Å². The fourth-order valence-electron chi connectivity index (χ4n) is 5.62. The number of ketones is 2. The number of rotatable bonds is 1. The topological polar surface area (TPSA) is 121 Å². The van der Waals surface area contributed by atoms with Crippen molar-refractivity contribution < 1.29 is 34.4 Å². The summed E-state index contributed by atoms with van der Waals surface area (Å²) in [6.07, 6.45) is -1.32. The van der Waals surface area contributed by atoms with E-state index in [4.69, 9.17) is 4.74 Å². The van der Waals surface area contributed by atoms with Gasteiger partial charge >= 0.3 is 5.97 Å². The van der Waals surface area contributed by atoms with Crippen LogP contribution in [0.15, 0.2) is 34.6 Å². The molecule has 1 aliphatic heterocycles. The van der Waals surface area contributed by atoms with Crippen molar-refractivity contribution in [3.05, 3.63) is 34.6 Å². The second-order valence-corrected chi connectivity index (χ2v) is 8.29. The smallest absolute Gasteiger partial charge is 0.338 e. The Balaban J connectivity index is 2.02. The van der Waals surface area contributed by atoms with Gasteiger partial charge in [-0.05, 0) is 25.3 Å². The molecule has 0 aromatic rings. The zero-order valence-corrected chi connectivity index (χ0v) is 15.2. The van der Waals surface area contributed by atoms with Gasteiger partial charge in [0, 0.05) is 28.9 Å². The SMILES string of the molecule is C=C1C(=O)OC(CO)C2(C)C1=C(O)C(=O)C1=C2C(O)CC2(C)C(=O)CCC12. The molecule has 0 aromatic heterocycles. The molecule has 0 aromatic carbocycles. The van der Waals surface area contributed by atoms with Crippen LogP contribution in [0.2, 0.25) is 0 Å². The molecule has 5 atom stereocenters. The van der Waals surface area contributed by atoms with Crippen LogP contribution in [-0.4, -0.2) is 51.7 Å². The molecule has 4 rings (SSSR count). The molecule has 1 saturated heterocycles. The van der Waals surface area contributed by atoms with Crippen molar-refractivity contribution in [2.24, 2.45) is 16.7 Å². The van der Waals surface area contributed by atoms with Crippen LogP contribution in [0.25, 0.3) is 0 Å². The minimum atomic E-state index is -1.29. The molecular weight excluding hydrogens is 352 g/mol. The van der Waals surface area contributed by atoms with Gasteiger partial charge in [-0.15, -0.1) is 0 Å². The number of ether oxygens (including phenoxy) is 1. The van der Waals surface area contributed by atoms with E-state index < -0.39 is 53.1 Å². The summed E-state index contributed by atoms with van der Waals surface area (Å²) in [7, 11) is 0. The standard InChI is InChI=1S/C20H22O7/c1-8-14-17(25)16(24)13-9-4-5-11(23)19(9,2)6-10(22)15(13)20(14,3)12(7-21)27-18(8)26/h9-10,12,21-22,25H,1,4-7H2,2-3H3. The second-order valence-electron chi connectivity index (χ2n) is 8.29. The van der Waals surface area contributed by atoms with E-state index in [1.54, 1.807) is 13.8 Å². The summed E-state index contributed by atoms with van der Waals surface area (Å²) >= 11 is 0. The predicted octanol–water partition coefficient (Wildman–Crippen LogP) is 0.908. The lowest BCUT2D eigenvalue weighted by molar-refractivity contribution is -0.156. The number of aliphatic hydroxyl groups excluding tert-OH is 3. The van der Waals surface area contributed by atoms with Gasteiger partial charge in [0.25, 0.3) is 0 Å². The van der Waals surface area contributed by atoms with Crippen molar-refractivity contribution in [3.8, 4) is 0 Å². The van der Waals surface area contributed by atoms with Gasteiger partial charge in [0.2, 0.25) is 5.78 Å². The van der Waals surface area contributed by atoms with E-state index in [0.29, 0.717) is 18.4 Å². The van der Waals surface area contributed by atoms with Crippen molar-refractivity contribution in [1.29, 1.82) is 0 Å². The third-order valence-corrected chi connectivity index (χ3v) is 7.04. The molecule has 27 heavy (non-hydrogen) atoms. The molecule has 3 aliphatic carbocycles. The maximum atomic E-state index is 13.1. The molecule has 7 heteroatoms. The van der Waals surface area contributed by atoms with Crippen molar-refractivity contribution >= 4 is 17.5 Å². The lowest BCUT2D eigenvalue weighted by Gasteiger charge is -2.52. The highest BCUT2D eigenvalue weighted by molar-refractivity contribution is 6.13. The van der Waals surface area contributed by atoms with E-state index in [-0.39, 0.29) is 28.9 Å². The number of esters is 1. The number of allylic oxidation sites excluding steroid dienone is 1. The Labute approximate surface area is 156 Å². The zero-order valence-electron chi connectivity index (χ0n) is 15.2. The fraction of sp³-hybridized carbons (Fsp3) is 0.550. The zero-order chi connectivity index (χ0) is 19.9. The molecule has 2 fully saturated rings. The van der Waals surface area contributed by atoms with Gasteiger partial charge in [0.05, 0.1) is 23.7 Å². The van der Waals surface area contributed by atoms with Crippen LogP contribution in [-0.2, 0) is 19.1 Å². The highest BCUT2D eigenvalue weighted by atomic mass is 16.6. The number of hydrogen-bond donors (Lipinski definition) is 3. The Kier molecular flexibility index (Phi) is 3.62. The third kappa shape index (κ3) is 1.96. The van der Waals surface area contributed by atoms with Crippen LogP contribution >= 0.6 is 0 Å². The number of carbonyl (C=O) groups excluding carboxylic acids is 3. The summed E-state index contributed by atoms with van der Waals surface area (Å²) in [5, 5.41) is 31.6. The van der Waals surface area contributed by atoms with Crippen molar-refractivity contribution in [2.45, 2.75) is 45.3 Å². The molecule has 3 N–H and O–H groups in total. The monoisotopic (exact) mass is 374 g/mol. The van der Waals surface area contributed by atoms with Crippen molar-refractivity contribution in [2.75, 3.05) is 6.61 Å². The van der Waals surface area contributed by atoms with Crippen molar-refractivity contribution in [3.63, 3.8) is 0 Å². The van der Waals surface area contributed by atoms with Gasteiger partial charge < -0.3 is 20.1 Å². The number of fused-ring (bicyclic) bond motifs is 4. The lowest BCUT2D eigenvalue weighted by atomic mass is 9.53. The summed E-state index contributed by atoms with van der Waals surface area (Å²) in [6.45, 7) is 6.47. The first-order chi connectivity index (χ1) is 12.6. The number of carbonyl (C=O) groups is 3. The van der Waals surface area contributed by atoms with E-state index in [9.17, 15) is 29.7 Å². The van der Waals surface area contributed by atoms with E-state index in [0.717, 1.165) is 0 Å². The fourth-order valence-corrected chi connectivity index (χ4v) is 5.62. The second kappa shape index (κ2) is 5.39. The summed E-state index contributed by atoms with van der Waals surface area (Å²) < 4.78 is 5.30. The van der Waals surface area contributed by atoms with Crippen LogP contribution < -0.4 is 0 Å². The Bertz CT molecular complexity index is 879. The Morgan fingerprint density at radius 3 is 2.56 bits per heavy atom. The van der Waals surface area contributed by atoms with Gasteiger partial charge in [0.15, 0.2) is 5.76 Å². The minimum absolute atomic E-state index is 0.00599. The van der Waals surface area contributed by atoms with Gasteiger partial charge in [0.1, 0.15) is 11.9 Å². The maximum absolute atomic E-state index is 13.1. The molecule has 0 amide bonds. The van der Waals surface area contributed by atoms with Gasteiger partial charge in [-0.1, -0.05) is 13.5 Å². The summed E-state index contributed by atoms with van der Waals surface area (Å²) in [4.78, 5) is 37.7. The Morgan fingerprint density at radius 1 is 1.26 bits per heavy atom. The Hall–Kier alpha value is -2.25. The molecule has 5 unspecified atom stereocenters. The normalized spacial score (nSPS) is 41.4. The highest BCUT2D eigenvalue weighted by Crippen LogP contribution is 2.61. The number of Topliss-reactive ketones (excluding diaryl/α,β-unsaturated/α-hetero) is 2. The number of cyclic esters (lactones) is 1. The van der Waals surface area contributed by atoms with E-state index in [2.05, 4.69) is 6.58 Å². The lowest BCUT2D eigenvalue weighted by Crippen LogP contribution is -2.56. The molecular formula is C20H22O7. The predicted molar refractivity (Wildman–Crippen MR) is 92.4 cm³/mol. The molecule has 144 valence electrons. The van der Waals surface area contributed by atoms with Crippen LogP contribution in [0.1, 0.15) is 33.1 Å². The highest BCUT2D eigenvalue weighted by Gasteiger charge is 2.63. The first kappa shape index (κ1) is 18.1. The summed E-state index contributed by atoms with van der Waals surface area (Å²) in [5.41, 5.74) is -1.80. The maximum Gasteiger partial charge on any atom is 0.338 e. The first-order valence-corrected chi connectivity index (χ1v) is 9.04. The molecule has 0 radical (unpaired) electrons. The van der Waals surface area contributed by atoms with Crippen LogP contribution in [0.4, 0.5) is 0 Å². The largest absolute Gasteiger partial charge is 0.504 e. The van der Waals surface area contributed by atoms with Crippen LogP contribution in [0.5, 0.6) is 0 Å². The molecule has 0 spiro atoms. The number of aliphatic hydroxyl groups is 3. The van der Waals surface area contributed by atoms with Gasteiger partial charge in [-0.25, -0.2) is 4.79 Å². The summed E-state index contributed by atoms with van der Waals surface area (Å²) in [5.74, 6) is -2.57. The molecule has 1 saturated carbocycles. The third-order valence-electron chi connectivity index (χ3n) is 7.04. The van der Waals surface area contributed by atoms with E-state index in [1.165, 1.54) is 0 Å². The molecule has 0 bridgehead atoms. The first-order valence-electron chi connectivity index (χ1n) is 9.04. The van der Waals surface area contributed by atoms with E-state index in [1.807, 2.05) is 0 Å². The average molecular weight is 374 g/mol. The van der Waals surface area contributed by atoms with Gasteiger partial charge in [-0.3, -0.25) is 9.59 Å². The number of hydrogen-bond acceptors (Lipinski definition) is 7. The van der Waals surface area contributed by atoms with Crippen LogP contribution in [0.3, 0.4) is 0 Å². The quantitative estimate of drug-likeness (QED) is 0.461. The molecule has 1 heterocycles. The molecule has 7 nitrogen and oxygen atoms in total.